The van der Waals surface area contributed by atoms with E-state index in [1.165, 1.54) is 0 Å². The van der Waals surface area contributed by atoms with E-state index in [2.05, 4.69) is 55.2 Å². The van der Waals surface area contributed by atoms with Gasteiger partial charge in [-0.15, -0.1) is 0 Å². The maximum absolute atomic E-state index is 5.78. The van der Waals surface area contributed by atoms with E-state index in [4.69, 9.17) is 5.73 Å². The summed E-state index contributed by atoms with van der Waals surface area (Å²) >= 11 is 0. The van der Waals surface area contributed by atoms with Crippen molar-refractivity contribution in [3.8, 4) is 0 Å². The molecule has 0 unspecified atom stereocenters. The zero-order valence-electron chi connectivity index (χ0n) is 13.9. The quantitative estimate of drug-likeness (QED) is 0.575. The molecular formula is C16H29N5. The normalized spacial score (nSPS) is 13.1. The molecule has 0 aliphatic rings. The highest BCUT2D eigenvalue weighted by Crippen LogP contribution is 2.14. The van der Waals surface area contributed by atoms with Gasteiger partial charge in [-0.05, 0) is 29.5 Å². The van der Waals surface area contributed by atoms with Crippen LogP contribution in [0.4, 0.5) is 5.69 Å². The molecule has 118 valence electrons. The Kier molecular flexibility index (Phi) is 6.15. The van der Waals surface area contributed by atoms with Crippen LogP contribution in [-0.2, 0) is 0 Å². The number of aliphatic imine (C=N–C) groups is 1. The number of nitrogens with one attached hydrogen (secondary N) is 2. The third-order valence-corrected chi connectivity index (χ3v) is 2.92. The fraction of sp³-hybridized carbons (Fsp3) is 0.625. The number of nitrogens with two attached hydrogens (primary N) is 1. The third-order valence-electron chi connectivity index (χ3n) is 2.92. The molecule has 0 spiro atoms. The summed E-state index contributed by atoms with van der Waals surface area (Å²) in [5.41, 5.74) is 6.87. The molecule has 4 N–H and O–H groups in total. The molecule has 1 heterocycles. The van der Waals surface area contributed by atoms with Gasteiger partial charge >= 0.3 is 0 Å². The van der Waals surface area contributed by atoms with Crippen LogP contribution in [0.5, 0.6) is 0 Å². The standard InChI is InChI=1S/C16H29N5/c1-15(2,3)11-19-14(20-12-16(4,5)10-17)21-13-7-6-8-18-9-13/h6-9H,10-12,17H2,1-5H3,(H2,19,20,21). The highest BCUT2D eigenvalue weighted by molar-refractivity contribution is 5.93. The van der Waals surface area contributed by atoms with Gasteiger partial charge in [0.2, 0.25) is 0 Å². The van der Waals surface area contributed by atoms with Crippen LogP contribution in [0, 0.1) is 10.8 Å². The summed E-state index contributed by atoms with van der Waals surface area (Å²) in [4.78, 5) is 8.76. The molecule has 0 aromatic carbocycles. The summed E-state index contributed by atoms with van der Waals surface area (Å²) in [5.74, 6) is 0.763. The van der Waals surface area contributed by atoms with E-state index in [-0.39, 0.29) is 10.8 Å². The van der Waals surface area contributed by atoms with Crippen LogP contribution in [0.15, 0.2) is 29.5 Å². The molecule has 1 aromatic rings. The molecule has 0 aliphatic heterocycles. The third kappa shape index (κ3) is 7.66. The molecule has 1 aromatic heterocycles. The van der Waals surface area contributed by atoms with Gasteiger partial charge in [-0.2, -0.15) is 0 Å². The Morgan fingerprint density at radius 2 is 2.00 bits per heavy atom. The minimum atomic E-state index is 0.0269. The van der Waals surface area contributed by atoms with Gasteiger partial charge in [0.1, 0.15) is 0 Å². The lowest BCUT2D eigenvalue weighted by Crippen LogP contribution is -2.41. The van der Waals surface area contributed by atoms with Gasteiger partial charge < -0.3 is 16.4 Å². The molecule has 21 heavy (non-hydrogen) atoms. The van der Waals surface area contributed by atoms with Crippen LogP contribution in [0.2, 0.25) is 0 Å². The molecular weight excluding hydrogens is 262 g/mol. The van der Waals surface area contributed by atoms with Gasteiger partial charge in [0.05, 0.1) is 11.9 Å². The smallest absolute Gasteiger partial charge is 0.195 e. The summed E-state index contributed by atoms with van der Waals surface area (Å²) in [6, 6.07) is 3.86. The van der Waals surface area contributed by atoms with Crippen LogP contribution < -0.4 is 16.4 Å². The Bertz CT molecular complexity index is 445. The summed E-state index contributed by atoms with van der Waals surface area (Å²) in [6.07, 6.45) is 3.53. The number of pyridine rings is 1. The van der Waals surface area contributed by atoms with Crippen LogP contribution in [0.1, 0.15) is 34.6 Å². The lowest BCUT2D eigenvalue weighted by atomic mass is 9.94. The minimum absolute atomic E-state index is 0.0269. The van der Waals surface area contributed by atoms with E-state index in [0.717, 1.165) is 24.7 Å². The van der Waals surface area contributed by atoms with Crippen LogP contribution in [0.3, 0.4) is 0 Å². The molecule has 0 amide bonds. The average molecular weight is 291 g/mol. The number of hydrogen-bond donors (Lipinski definition) is 3. The first-order valence-corrected chi connectivity index (χ1v) is 7.37. The maximum Gasteiger partial charge on any atom is 0.195 e. The molecule has 0 saturated carbocycles. The minimum Gasteiger partial charge on any atom is -0.356 e. The summed E-state index contributed by atoms with van der Waals surface area (Å²) in [7, 11) is 0. The van der Waals surface area contributed by atoms with E-state index in [0.29, 0.717) is 6.54 Å². The van der Waals surface area contributed by atoms with Gasteiger partial charge in [0.25, 0.3) is 0 Å². The molecule has 0 bridgehead atoms. The fourth-order valence-corrected chi connectivity index (χ4v) is 1.42. The number of guanidine groups is 1. The van der Waals surface area contributed by atoms with Crippen molar-refractivity contribution in [2.75, 3.05) is 25.0 Å². The zero-order valence-corrected chi connectivity index (χ0v) is 13.9. The van der Waals surface area contributed by atoms with Gasteiger partial charge in [0, 0.05) is 19.3 Å². The predicted molar refractivity (Wildman–Crippen MR) is 90.5 cm³/mol. The monoisotopic (exact) mass is 291 g/mol. The molecule has 5 heteroatoms. The second-order valence-electron chi connectivity index (χ2n) is 7.31. The molecule has 1 rings (SSSR count). The van der Waals surface area contributed by atoms with Crippen molar-refractivity contribution in [1.82, 2.24) is 10.3 Å². The van der Waals surface area contributed by atoms with Crippen LogP contribution in [-0.4, -0.2) is 30.6 Å². The van der Waals surface area contributed by atoms with Gasteiger partial charge in [-0.1, -0.05) is 34.6 Å². The largest absolute Gasteiger partial charge is 0.356 e. The molecule has 5 nitrogen and oxygen atoms in total. The van der Waals surface area contributed by atoms with Crippen molar-refractivity contribution in [3.05, 3.63) is 24.5 Å². The zero-order chi connectivity index (χ0) is 15.9. The summed E-state index contributed by atoms with van der Waals surface area (Å²) in [6.45, 7) is 12.9. The second kappa shape index (κ2) is 7.41. The van der Waals surface area contributed by atoms with Gasteiger partial charge in [-0.3, -0.25) is 9.98 Å². The van der Waals surface area contributed by atoms with Crippen molar-refractivity contribution in [1.29, 1.82) is 0 Å². The Hall–Kier alpha value is -1.62. The maximum atomic E-state index is 5.78. The molecule has 0 saturated heterocycles. The van der Waals surface area contributed by atoms with E-state index < -0.39 is 0 Å². The van der Waals surface area contributed by atoms with Gasteiger partial charge in [-0.25, -0.2) is 0 Å². The molecule has 0 radical (unpaired) electrons. The van der Waals surface area contributed by atoms with E-state index in [9.17, 15) is 0 Å². The van der Waals surface area contributed by atoms with Crippen LogP contribution >= 0.6 is 0 Å². The SMILES string of the molecule is CC(C)(C)CN=C(NCC(C)(C)CN)Nc1cccnc1. The Morgan fingerprint density at radius 1 is 1.29 bits per heavy atom. The van der Waals surface area contributed by atoms with Crippen LogP contribution in [0.25, 0.3) is 0 Å². The number of rotatable bonds is 5. The van der Waals surface area contributed by atoms with Crippen molar-refractivity contribution in [2.24, 2.45) is 21.6 Å². The summed E-state index contributed by atoms with van der Waals surface area (Å²) < 4.78 is 0. The first-order valence-electron chi connectivity index (χ1n) is 7.37. The second-order valence-corrected chi connectivity index (χ2v) is 7.31. The molecule has 0 aliphatic carbocycles. The van der Waals surface area contributed by atoms with Crippen molar-refractivity contribution >= 4 is 11.6 Å². The fourth-order valence-electron chi connectivity index (χ4n) is 1.42. The average Bonchev–Trinajstić information content (AvgIpc) is 2.42. The van der Waals surface area contributed by atoms with E-state index in [1.54, 1.807) is 12.4 Å². The first-order chi connectivity index (χ1) is 9.72. The van der Waals surface area contributed by atoms with Crippen molar-refractivity contribution in [3.63, 3.8) is 0 Å². The topological polar surface area (TPSA) is 75.3 Å². The van der Waals surface area contributed by atoms with Crippen molar-refractivity contribution < 1.29 is 0 Å². The Balaban J connectivity index is 2.75. The Morgan fingerprint density at radius 3 is 2.52 bits per heavy atom. The number of hydrogen-bond acceptors (Lipinski definition) is 3. The van der Waals surface area contributed by atoms with E-state index >= 15 is 0 Å². The highest BCUT2D eigenvalue weighted by Gasteiger charge is 2.16. The predicted octanol–water partition coefficient (Wildman–Crippen LogP) is 2.47. The lowest BCUT2D eigenvalue weighted by Gasteiger charge is -2.25. The number of aromatic nitrogens is 1. The number of anilines is 1. The molecule has 0 atom stereocenters. The van der Waals surface area contributed by atoms with Gasteiger partial charge in [0.15, 0.2) is 5.96 Å². The van der Waals surface area contributed by atoms with E-state index in [1.807, 2.05) is 12.1 Å². The lowest BCUT2D eigenvalue weighted by molar-refractivity contribution is 0.375. The summed E-state index contributed by atoms with van der Waals surface area (Å²) in [5, 5.41) is 6.65. The highest BCUT2D eigenvalue weighted by atomic mass is 15.2. The molecule has 0 fully saturated rings. The Labute approximate surface area is 128 Å². The number of nitrogens with zero attached hydrogens (tertiary/aromatic N) is 2. The van der Waals surface area contributed by atoms with Crippen molar-refractivity contribution in [2.45, 2.75) is 34.6 Å². The first kappa shape index (κ1) is 17.4.